The SMILES string of the molecule is O=C(NC1(C(=O)O)CCOC1)N1CCC1. The second-order valence-electron chi connectivity index (χ2n) is 3.96. The number of carbonyl (C=O) groups excluding carboxylic acids is 1. The molecule has 2 saturated heterocycles. The minimum Gasteiger partial charge on any atom is -0.479 e. The molecule has 2 N–H and O–H groups in total. The van der Waals surface area contributed by atoms with Crippen molar-refractivity contribution in [1.29, 1.82) is 0 Å². The highest BCUT2D eigenvalue weighted by molar-refractivity contribution is 5.87. The van der Waals surface area contributed by atoms with Gasteiger partial charge in [0.2, 0.25) is 0 Å². The molecule has 0 bridgehead atoms. The zero-order valence-electron chi connectivity index (χ0n) is 8.36. The van der Waals surface area contributed by atoms with Gasteiger partial charge in [0.15, 0.2) is 5.54 Å². The lowest BCUT2D eigenvalue weighted by Crippen LogP contribution is -2.60. The topological polar surface area (TPSA) is 78.9 Å². The number of amides is 2. The van der Waals surface area contributed by atoms with E-state index in [-0.39, 0.29) is 12.6 Å². The van der Waals surface area contributed by atoms with Gasteiger partial charge in [0.25, 0.3) is 0 Å². The predicted octanol–water partition coefficient (Wildman–Crippen LogP) is -0.355. The van der Waals surface area contributed by atoms with Crippen LogP contribution in [0.3, 0.4) is 0 Å². The summed E-state index contributed by atoms with van der Waals surface area (Å²) < 4.78 is 5.04. The van der Waals surface area contributed by atoms with Gasteiger partial charge in [-0.15, -0.1) is 0 Å². The van der Waals surface area contributed by atoms with Crippen LogP contribution in [0, 0.1) is 0 Å². The van der Waals surface area contributed by atoms with E-state index in [9.17, 15) is 9.59 Å². The number of urea groups is 1. The average molecular weight is 214 g/mol. The van der Waals surface area contributed by atoms with E-state index in [0.717, 1.165) is 6.42 Å². The van der Waals surface area contributed by atoms with E-state index in [1.807, 2.05) is 0 Å². The molecule has 84 valence electrons. The van der Waals surface area contributed by atoms with Crippen LogP contribution < -0.4 is 5.32 Å². The monoisotopic (exact) mass is 214 g/mol. The number of nitrogens with zero attached hydrogens (tertiary/aromatic N) is 1. The summed E-state index contributed by atoms with van der Waals surface area (Å²) in [6.07, 6.45) is 1.33. The number of aliphatic carboxylic acids is 1. The van der Waals surface area contributed by atoms with Crippen LogP contribution in [-0.4, -0.2) is 53.8 Å². The van der Waals surface area contributed by atoms with E-state index in [4.69, 9.17) is 9.84 Å². The third-order valence-corrected chi connectivity index (χ3v) is 2.92. The summed E-state index contributed by atoms with van der Waals surface area (Å²) in [7, 11) is 0. The first-order valence-corrected chi connectivity index (χ1v) is 5.02. The smallest absolute Gasteiger partial charge is 0.332 e. The minimum absolute atomic E-state index is 0.0575. The molecule has 2 aliphatic rings. The van der Waals surface area contributed by atoms with Gasteiger partial charge in [-0.25, -0.2) is 9.59 Å². The van der Waals surface area contributed by atoms with Crippen LogP contribution in [0.25, 0.3) is 0 Å². The lowest BCUT2D eigenvalue weighted by Gasteiger charge is -2.34. The first-order valence-electron chi connectivity index (χ1n) is 5.02. The normalized spacial score (nSPS) is 29.7. The van der Waals surface area contributed by atoms with Gasteiger partial charge in [0, 0.05) is 26.1 Å². The lowest BCUT2D eigenvalue weighted by atomic mass is 9.99. The number of hydrogen-bond acceptors (Lipinski definition) is 3. The summed E-state index contributed by atoms with van der Waals surface area (Å²) in [5.74, 6) is -1.02. The second kappa shape index (κ2) is 3.69. The van der Waals surface area contributed by atoms with E-state index in [1.54, 1.807) is 4.90 Å². The van der Waals surface area contributed by atoms with Gasteiger partial charge in [-0.2, -0.15) is 0 Å². The van der Waals surface area contributed by atoms with E-state index in [2.05, 4.69) is 5.32 Å². The molecule has 0 aromatic rings. The molecule has 2 amide bonds. The molecule has 2 heterocycles. The minimum atomic E-state index is -1.22. The predicted molar refractivity (Wildman–Crippen MR) is 50.5 cm³/mol. The van der Waals surface area contributed by atoms with Gasteiger partial charge in [0.05, 0.1) is 6.61 Å². The molecule has 1 atom stereocenters. The molecule has 0 aromatic heterocycles. The second-order valence-corrected chi connectivity index (χ2v) is 3.96. The molecule has 0 radical (unpaired) electrons. The summed E-state index contributed by atoms with van der Waals surface area (Å²) >= 11 is 0. The van der Waals surface area contributed by atoms with Crippen molar-refractivity contribution in [3.63, 3.8) is 0 Å². The van der Waals surface area contributed by atoms with Gasteiger partial charge in [-0.1, -0.05) is 0 Å². The van der Waals surface area contributed by atoms with E-state index >= 15 is 0 Å². The maximum absolute atomic E-state index is 11.6. The molecule has 6 heteroatoms. The fourth-order valence-electron chi connectivity index (χ4n) is 1.69. The third-order valence-electron chi connectivity index (χ3n) is 2.92. The molecule has 0 aliphatic carbocycles. The van der Waals surface area contributed by atoms with Gasteiger partial charge in [0.1, 0.15) is 0 Å². The molecule has 0 aromatic carbocycles. The lowest BCUT2D eigenvalue weighted by molar-refractivity contribution is -0.144. The molecule has 6 nitrogen and oxygen atoms in total. The quantitative estimate of drug-likeness (QED) is 0.658. The van der Waals surface area contributed by atoms with E-state index in [0.29, 0.717) is 26.1 Å². The number of carbonyl (C=O) groups is 2. The van der Waals surface area contributed by atoms with Crippen LogP contribution in [0.2, 0.25) is 0 Å². The Hall–Kier alpha value is -1.30. The molecule has 0 spiro atoms. The van der Waals surface area contributed by atoms with Crippen LogP contribution in [0.5, 0.6) is 0 Å². The number of ether oxygens (including phenoxy) is 1. The maximum atomic E-state index is 11.6. The van der Waals surface area contributed by atoms with Crippen molar-refractivity contribution in [1.82, 2.24) is 10.2 Å². The number of likely N-dealkylation sites (tertiary alicyclic amines) is 1. The Morgan fingerprint density at radius 3 is 2.53 bits per heavy atom. The van der Waals surface area contributed by atoms with Gasteiger partial charge in [-0.05, 0) is 6.42 Å². The van der Waals surface area contributed by atoms with Crippen molar-refractivity contribution in [3.8, 4) is 0 Å². The average Bonchev–Trinajstić information content (AvgIpc) is 2.50. The zero-order valence-corrected chi connectivity index (χ0v) is 8.36. The number of nitrogens with one attached hydrogen (secondary N) is 1. The molecule has 2 fully saturated rings. The molecular weight excluding hydrogens is 200 g/mol. The summed E-state index contributed by atoms with van der Waals surface area (Å²) in [6, 6.07) is -0.297. The Labute approximate surface area is 87.2 Å². The van der Waals surface area contributed by atoms with E-state index < -0.39 is 11.5 Å². The highest BCUT2D eigenvalue weighted by Gasteiger charge is 2.45. The first kappa shape index (κ1) is 10.2. The fraction of sp³-hybridized carbons (Fsp3) is 0.778. The highest BCUT2D eigenvalue weighted by atomic mass is 16.5. The third kappa shape index (κ3) is 1.77. The molecule has 2 rings (SSSR count). The van der Waals surface area contributed by atoms with Crippen LogP contribution in [-0.2, 0) is 9.53 Å². The maximum Gasteiger partial charge on any atom is 0.332 e. The number of carboxylic acid groups (broad SMARTS) is 1. The Kier molecular flexibility index (Phi) is 2.52. The van der Waals surface area contributed by atoms with Crippen molar-refractivity contribution in [2.45, 2.75) is 18.4 Å². The van der Waals surface area contributed by atoms with E-state index in [1.165, 1.54) is 0 Å². The fourth-order valence-corrected chi connectivity index (χ4v) is 1.69. The number of carboxylic acids is 1. The van der Waals surface area contributed by atoms with Crippen molar-refractivity contribution in [2.24, 2.45) is 0 Å². The van der Waals surface area contributed by atoms with Crippen LogP contribution in [0.15, 0.2) is 0 Å². The molecule has 1 unspecified atom stereocenters. The van der Waals surface area contributed by atoms with Gasteiger partial charge >= 0.3 is 12.0 Å². The van der Waals surface area contributed by atoms with Gasteiger partial charge < -0.3 is 20.1 Å². The zero-order chi connectivity index (χ0) is 10.9. The van der Waals surface area contributed by atoms with Gasteiger partial charge in [-0.3, -0.25) is 0 Å². The van der Waals surface area contributed by atoms with Crippen LogP contribution in [0.4, 0.5) is 4.79 Å². The molecule has 0 saturated carbocycles. The highest BCUT2D eigenvalue weighted by Crippen LogP contribution is 2.20. The number of hydrogen-bond donors (Lipinski definition) is 2. The Morgan fingerprint density at radius 1 is 1.40 bits per heavy atom. The first-order chi connectivity index (χ1) is 7.14. The van der Waals surface area contributed by atoms with Crippen LogP contribution >= 0.6 is 0 Å². The largest absolute Gasteiger partial charge is 0.479 e. The summed E-state index contributed by atoms with van der Waals surface area (Å²) in [5, 5.41) is 11.6. The summed E-state index contributed by atoms with van der Waals surface area (Å²) in [6.45, 7) is 1.86. The molecule has 2 aliphatic heterocycles. The summed E-state index contributed by atoms with van der Waals surface area (Å²) in [5.41, 5.74) is -1.22. The van der Waals surface area contributed by atoms with Crippen molar-refractivity contribution < 1.29 is 19.4 Å². The molecule has 15 heavy (non-hydrogen) atoms. The van der Waals surface area contributed by atoms with Crippen molar-refractivity contribution in [2.75, 3.05) is 26.3 Å². The van der Waals surface area contributed by atoms with Crippen molar-refractivity contribution >= 4 is 12.0 Å². The standard InChI is InChI=1S/C9H14N2O4/c12-7(13)9(2-5-15-6-9)10-8(14)11-3-1-4-11/h1-6H2,(H,10,14)(H,12,13). The summed E-state index contributed by atoms with van der Waals surface area (Å²) in [4.78, 5) is 24.3. The van der Waals surface area contributed by atoms with Crippen LogP contribution in [0.1, 0.15) is 12.8 Å². The number of rotatable bonds is 2. The molecular formula is C9H14N2O4. The van der Waals surface area contributed by atoms with Crippen molar-refractivity contribution in [3.05, 3.63) is 0 Å². The Morgan fingerprint density at radius 2 is 2.13 bits per heavy atom. The Bertz CT molecular complexity index is 282. The Balaban J connectivity index is 2.00.